The molecule has 0 bridgehead atoms. The normalized spacial score (nSPS) is 10.6. The van der Waals surface area contributed by atoms with E-state index < -0.39 is 11.9 Å². The maximum atomic E-state index is 11.3. The molecule has 2 aromatic heterocycles. The Morgan fingerprint density at radius 3 is 2.72 bits per heavy atom. The molecule has 3 N–H and O–H groups in total. The number of carboxylic acids is 1. The smallest absolute Gasteiger partial charge is 0.339 e. The van der Waals surface area contributed by atoms with Crippen LogP contribution >= 0.6 is 0 Å². The van der Waals surface area contributed by atoms with Crippen LogP contribution in [0.2, 0.25) is 0 Å². The second-order valence-corrected chi connectivity index (χ2v) is 5.60. The number of carbonyl (C=O) groups is 2. The molecule has 2 heterocycles. The van der Waals surface area contributed by atoms with E-state index in [0.717, 1.165) is 16.5 Å². The average Bonchev–Trinajstić information content (AvgIpc) is 2.98. The van der Waals surface area contributed by atoms with Gasteiger partial charge in [-0.3, -0.25) is 14.5 Å². The zero-order valence-electron chi connectivity index (χ0n) is 13.2. The van der Waals surface area contributed by atoms with E-state index in [1.807, 2.05) is 19.1 Å². The Balaban J connectivity index is 2.06. The monoisotopic (exact) mass is 335 g/mol. The summed E-state index contributed by atoms with van der Waals surface area (Å²) in [5.74, 6) is -2.19. The molecule has 3 rings (SSSR count). The molecule has 1 aromatic carbocycles. The van der Waals surface area contributed by atoms with Crippen LogP contribution in [0.5, 0.6) is 0 Å². The summed E-state index contributed by atoms with van der Waals surface area (Å²) in [6.07, 6.45) is 2.93. The molecule has 1 amide bonds. The van der Waals surface area contributed by atoms with Crippen molar-refractivity contribution in [2.45, 2.75) is 13.5 Å². The van der Waals surface area contributed by atoms with E-state index >= 15 is 0 Å². The molecule has 124 valence electrons. The topological polar surface area (TPSA) is 135 Å². The number of benzene rings is 1. The van der Waals surface area contributed by atoms with Crippen LogP contribution in [-0.4, -0.2) is 31.7 Å². The molecule has 0 saturated carbocycles. The first kappa shape index (κ1) is 16.1. The molecule has 0 aliphatic heterocycles. The Labute approximate surface area is 142 Å². The fraction of sp³-hybridized carbons (Fsp3) is 0.118. The van der Waals surface area contributed by atoms with Crippen molar-refractivity contribution in [1.82, 2.24) is 14.8 Å². The van der Waals surface area contributed by atoms with Gasteiger partial charge in [0.2, 0.25) is 0 Å². The number of hydrogen-bond donors (Lipinski definition) is 2. The van der Waals surface area contributed by atoms with E-state index in [2.05, 4.69) is 16.2 Å². The second-order valence-electron chi connectivity index (χ2n) is 5.60. The third-order valence-electron chi connectivity index (χ3n) is 3.67. The van der Waals surface area contributed by atoms with Gasteiger partial charge in [0.1, 0.15) is 11.6 Å². The fourth-order valence-electron chi connectivity index (χ4n) is 2.63. The van der Waals surface area contributed by atoms with Crippen LogP contribution in [0.15, 0.2) is 30.6 Å². The van der Waals surface area contributed by atoms with E-state index in [4.69, 9.17) is 10.8 Å². The number of primary amides is 1. The highest BCUT2D eigenvalue weighted by atomic mass is 16.4. The first-order valence-electron chi connectivity index (χ1n) is 7.29. The van der Waals surface area contributed by atoms with Gasteiger partial charge in [0, 0.05) is 17.8 Å². The maximum absolute atomic E-state index is 11.3. The first-order chi connectivity index (χ1) is 11.9. The van der Waals surface area contributed by atoms with Gasteiger partial charge in [-0.25, -0.2) is 4.79 Å². The highest BCUT2D eigenvalue weighted by molar-refractivity contribution is 6.02. The predicted molar refractivity (Wildman–Crippen MR) is 88.0 cm³/mol. The fourth-order valence-corrected chi connectivity index (χ4v) is 2.63. The number of amides is 1. The zero-order valence-corrected chi connectivity index (χ0v) is 13.2. The highest BCUT2D eigenvalue weighted by Gasteiger charge is 2.19. The van der Waals surface area contributed by atoms with Gasteiger partial charge in [-0.05, 0) is 36.2 Å². The second kappa shape index (κ2) is 6.05. The molecule has 8 heteroatoms. The number of nitrogens with two attached hydrogens (primary N) is 1. The standard InChI is InChI=1S/C17H13N5O3/c1-9-2-11-3-10(4-12(5-18)14(11)20-6-9)7-22-8-13(17(24)25)15(21-22)16(19)23/h2-4,6,8H,7H2,1H3,(H2,19,23)(H,24,25). The van der Waals surface area contributed by atoms with Crippen molar-refractivity contribution in [1.29, 1.82) is 5.26 Å². The van der Waals surface area contributed by atoms with Gasteiger partial charge in [0.05, 0.1) is 17.6 Å². The number of pyridine rings is 1. The number of aromatic nitrogens is 3. The van der Waals surface area contributed by atoms with Gasteiger partial charge in [-0.1, -0.05) is 0 Å². The van der Waals surface area contributed by atoms with E-state index in [1.54, 1.807) is 12.3 Å². The van der Waals surface area contributed by atoms with Gasteiger partial charge in [0.25, 0.3) is 5.91 Å². The number of carbonyl (C=O) groups excluding carboxylic acids is 1. The summed E-state index contributed by atoms with van der Waals surface area (Å²) in [6, 6.07) is 7.53. The molecule has 3 aromatic rings. The van der Waals surface area contributed by atoms with Crippen LogP contribution in [0.3, 0.4) is 0 Å². The summed E-state index contributed by atoms with van der Waals surface area (Å²) < 4.78 is 1.31. The van der Waals surface area contributed by atoms with Crippen molar-refractivity contribution in [2.24, 2.45) is 5.73 Å². The lowest BCUT2D eigenvalue weighted by molar-refractivity contribution is 0.0692. The minimum atomic E-state index is -1.28. The summed E-state index contributed by atoms with van der Waals surface area (Å²) >= 11 is 0. The Morgan fingerprint density at radius 1 is 1.36 bits per heavy atom. The van der Waals surface area contributed by atoms with Crippen molar-refractivity contribution in [2.75, 3.05) is 0 Å². The molecule has 0 spiro atoms. The minimum absolute atomic E-state index is 0.187. The van der Waals surface area contributed by atoms with Crippen molar-refractivity contribution < 1.29 is 14.7 Å². The molecule has 0 aliphatic carbocycles. The summed E-state index contributed by atoms with van der Waals surface area (Å²) in [5.41, 5.74) is 7.30. The van der Waals surface area contributed by atoms with Crippen LogP contribution in [0, 0.1) is 18.3 Å². The number of aromatic carboxylic acids is 1. The van der Waals surface area contributed by atoms with Crippen LogP contribution in [-0.2, 0) is 6.54 Å². The molecule has 0 unspecified atom stereocenters. The molecule has 0 saturated heterocycles. The van der Waals surface area contributed by atoms with Gasteiger partial charge < -0.3 is 10.8 Å². The molecule has 8 nitrogen and oxygen atoms in total. The van der Waals surface area contributed by atoms with Crippen molar-refractivity contribution in [3.63, 3.8) is 0 Å². The number of nitrogens with zero attached hydrogens (tertiary/aromatic N) is 4. The van der Waals surface area contributed by atoms with Crippen molar-refractivity contribution >= 4 is 22.8 Å². The van der Waals surface area contributed by atoms with Gasteiger partial charge in [-0.2, -0.15) is 10.4 Å². The lowest BCUT2D eigenvalue weighted by Crippen LogP contribution is -2.16. The largest absolute Gasteiger partial charge is 0.478 e. The van der Waals surface area contributed by atoms with Crippen molar-refractivity contribution in [3.05, 3.63) is 58.5 Å². The van der Waals surface area contributed by atoms with Gasteiger partial charge in [-0.15, -0.1) is 0 Å². The molecule has 25 heavy (non-hydrogen) atoms. The molecule has 0 atom stereocenters. The summed E-state index contributed by atoms with van der Waals surface area (Å²) in [7, 11) is 0. The molecule has 0 aliphatic rings. The SMILES string of the molecule is Cc1cnc2c(C#N)cc(Cn3cc(C(=O)O)c(C(N)=O)n3)cc2c1. The predicted octanol–water partition coefficient (Wildman–Crippen LogP) is 1.46. The number of carboxylic acid groups (broad SMARTS) is 1. The Kier molecular flexibility index (Phi) is 3.91. The number of rotatable bonds is 4. The Morgan fingerprint density at radius 2 is 2.12 bits per heavy atom. The zero-order chi connectivity index (χ0) is 18.1. The van der Waals surface area contributed by atoms with Crippen LogP contribution in [0.25, 0.3) is 10.9 Å². The third-order valence-corrected chi connectivity index (χ3v) is 3.67. The minimum Gasteiger partial charge on any atom is -0.478 e. The molecule has 0 radical (unpaired) electrons. The maximum Gasteiger partial charge on any atom is 0.339 e. The number of nitriles is 1. The lowest BCUT2D eigenvalue weighted by Gasteiger charge is -2.06. The quantitative estimate of drug-likeness (QED) is 0.741. The van der Waals surface area contributed by atoms with E-state index in [0.29, 0.717) is 11.1 Å². The van der Waals surface area contributed by atoms with E-state index in [9.17, 15) is 14.9 Å². The molecular weight excluding hydrogens is 322 g/mol. The third kappa shape index (κ3) is 3.03. The Hall–Kier alpha value is -3.73. The number of aryl methyl sites for hydroxylation is 1. The number of hydrogen-bond acceptors (Lipinski definition) is 5. The van der Waals surface area contributed by atoms with Crippen molar-refractivity contribution in [3.8, 4) is 6.07 Å². The van der Waals surface area contributed by atoms with Crippen LogP contribution in [0.4, 0.5) is 0 Å². The van der Waals surface area contributed by atoms with Gasteiger partial charge >= 0.3 is 5.97 Å². The highest BCUT2D eigenvalue weighted by Crippen LogP contribution is 2.21. The van der Waals surface area contributed by atoms with E-state index in [-0.39, 0.29) is 17.8 Å². The Bertz CT molecular complexity index is 1030. The number of fused-ring (bicyclic) bond motifs is 1. The molecule has 0 fully saturated rings. The van der Waals surface area contributed by atoms with Gasteiger partial charge in [0.15, 0.2) is 5.69 Å². The van der Waals surface area contributed by atoms with E-state index in [1.165, 1.54) is 10.9 Å². The first-order valence-corrected chi connectivity index (χ1v) is 7.29. The van der Waals surface area contributed by atoms with Crippen LogP contribution < -0.4 is 5.73 Å². The average molecular weight is 335 g/mol. The summed E-state index contributed by atoms with van der Waals surface area (Å²) in [4.78, 5) is 26.8. The summed E-state index contributed by atoms with van der Waals surface area (Å²) in [6.45, 7) is 2.09. The molecular formula is C17H13N5O3. The lowest BCUT2D eigenvalue weighted by atomic mass is 10.0. The summed E-state index contributed by atoms with van der Waals surface area (Å²) in [5, 5.41) is 23.2. The van der Waals surface area contributed by atoms with Crippen LogP contribution in [0.1, 0.15) is 37.5 Å².